The standard InChI is InChI=1S/C19H27N3O2/c1-12-9-22(10-13(2)24-12)11-17-14(3)20-18-7-6-15(21(4)5)8-16(18)19(17)23/h6-8,12-13H,9-11H2,1-5H3,(H,20,23)/t12-,13+. The first-order valence-electron chi connectivity index (χ1n) is 8.56. The van der Waals surface area contributed by atoms with Crippen molar-refractivity contribution in [3.63, 3.8) is 0 Å². The number of rotatable bonds is 3. The van der Waals surface area contributed by atoms with Gasteiger partial charge in [-0.1, -0.05) is 0 Å². The molecule has 1 aliphatic rings. The molecule has 0 amide bonds. The van der Waals surface area contributed by atoms with Crippen molar-refractivity contribution in [1.29, 1.82) is 0 Å². The van der Waals surface area contributed by atoms with Crippen LogP contribution in [0.5, 0.6) is 0 Å². The number of fused-ring (bicyclic) bond motifs is 1. The van der Waals surface area contributed by atoms with Crippen molar-refractivity contribution in [2.24, 2.45) is 0 Å². The van der Waals surface area contributed by atoms with Crippen molar-refractivity contribution in [3.8, 4) is 0 Å². The Morgan fingerprint density at radius 1 is 1.25 bits per heavy atom. The number of ether oxygens (including phenoxy) is 1. The van der Waals surface area contributed by atoms with E-state index < -0.39 is 0 Å². The van der Waals surface area contributed by atoms with Crippen LogP contribution in [0.4, 0.5) is 5.69 Å². The first-order chi connectivity index (χ1) is 11.3. The van der Waals surface area contributed by atoms with E-state index >= 15 is 0 Å². The predicted octanol–water partition coefficient (Wildman–Crippen LogP) is 2.51. The summed E-state index contributed by atoms with van der Waals surface area (Å²) in [5.74, 6) is 0. The molecule has 2 aromatic rings. The molecule has 0 radical (unpaired) electrons. The third-order valence-electron chi connectivity index (χ3n) is 4.69. The van der Waals surface area contributed by atoms with Crippen molar-refractivity contribution >= 4 is 16.6 Å². The van der Waals surface area contributed by atoms with Gasteiger partial charge in [0, 0.05) is 61.6 Å². The quantitative estimate of drug-likeness (QED) is 0.940. The predicted molar refractivity (Wildman–Crippen MR) is 98.9 cm³/mol. The average Bonchev–Trinajstić information content (AvgIpc) is 2.50. The molecular formula is C19H27N3O2. The number of nitrogens with one attached hydrogen (secondary N) is 1. The van der Waals surface area contributed by atoms with Gasteiger partial charge in [-0.3, -0.25) is 9.69 Å². The van der Waals surface area contributed by atoms with Gasteiger partial charge in [-0.15, -0.1) is 0 Å². The molecule has 1 N–H and O–H groups in total. The van der Waals surface area contributed by atoms with Gasteiger partial charge >= 0.3 is 0 Å². The highest BCUT2D eigenvalue weighted by Gasteiger charge is 2.23. The molecule has 1 aromatic carbocycles. The summed E-state index contributed by atoms with van der Waals surface area (Å²) in [7, 11) is 3.97. The number of pyridine rings is 1. The molecule has 2 heterocycles. The Morgan fingerprint density at radius 2 is 1.92 bits per heavy atom. The fraction of sp³-hybridized carbons (Fsp3) is 0.526. The number of aromatic amines is 1. The zero-order chi connectivity index (χ0) is 17.4. The molecular weight excluding hydrogens is 302 g/mol. The Labute approximate surface area is 143 Å². The smallest absolute Gasteiger partial charge is 0.194 e. The first kappa shape index (κ1) is 17.0. The van der Waals surface area contributed by atoms with Crippen LogP contribution in [-0.2, 0) is 11.3 Å². The second-order valence-corrected chi connectivity index (χ2v) is 7.13. The lowest BCUT2D eigenvalue weighted by atomic mass is 10.1. The van der Waals surface area contributed by atoms with E-state index in [0.717, 1.165) is 40.9 Å². The summed E-state index contributed by atoms with van der Waals surface area (Å²) in [5, 5.41) is 0.760. The normalized spacial score (nSPS) is 22.0. The minimum Gasteiger partial charge on any atom is -0.378 e. The number of aryl methyl sites for hydroxylation is 1. The molecule has 2 atom stereocenters. The lowest BCUT2D eigenvalue weighted by Gasteiger charge is -2.35. The first-order valence-corrected chi connectivity index (χ1v) is 8.56. The number of anilines is 1. The summed E-state index contributed by atoms with van der Waals surface area (Å²) < 4.78 is 5.79. The maximum Gasteiger partial charge on any atom is 0.194 e. The monoisotopic (exact) mass is 329 g/mol. The van der Waals surface area contributed by atoms with E-state index in [1.807, 2.05) is 44.1 Å². The zero-order valence-electron chi connectivity index (χ0n) is 15.2. The highest BCUT2D eigenvalue weighted by molar-refractivity contribution is 5.83. The van der Waals surface area contributed by atoms with Crippen LogP contribution in [0.15, 0.2) is 23.0 Å². The maximum atomic E-state index is 13.1. The van der Waals surface area contributed by atoms with Crippen LogP contribution in [0, 0.1) is 6.92 Å². The zero-order valence-corrected chi connectivity index (χ0v) is 15.2. The van der Waals surface area contributed by atoms with Crippen molar-refractivity contribution in [2.75, 3.05) is 32.1 Å². The third kappa shape index (κ3) is 3.32. The summed E-state index contributed by atoms with van der Waals surface area (Å²) >= 11 is 0. The largest absolute Gasteiger partial charge is 0.378 e. The topological polar surface area (TPSA) is 48.6 Å². The molecule has 0 unspecified atom stereocenters. The SMILES string of the molecule is Cc1[nH]c2ccc(N(C)C)cc2c(=O)c1CN1C[C@@H](C)O[C@@H](C)C1. The fourth-order valence-corrected chi connectivity index (χ4v) is 3.55. The van der Waals surface area contributed by atoms with Crippen LogP contribution in [0.1, 0.15) is 25.1 Å². The van der Waals surface area contributed by atoms with Crippen molar-refractivity contribution in [3.05, 3.63) is 39.7 Å². The Kier molecular flexibility index (Phi) is 4.65. The van der Waals surface area contributed by atoms with Crippen LogP contribution < -0.4 is 10.3 Å². The molecule has 1 aliphatic heterocycles. The fourth-order valence-electron chi connectivity index (χ4n) is 3.55. The molecule has 1 fully saturated rings. The Morgan fingerprint density at radius 3 is 2.54 bits per heavy atom. The van der Waals surface area contributed by atoms with Gasteiger partial charge in [-0.05, 0) is 39.0 Å². The molecule has 0 spiro atoms. The van der Waals surface area contributed by atoms with Crippen LogP contribution in [0.2, 0.25) is 0 Å². The number of benzene rings is 1. The van der Waals surface area contributed by atoms with Crippen LogP contribution >= 0.6 is 0 Å². The number of hydrogen-bond acceptors (Lipinski definition) is 4. The Bertz CT molecular complexity index is 787. The van der Waals surface area contributed by atoms with Gasteiger partial charge in [-0.25, -0.2) is 0 Å². The molecule has 1 saturated heterocycles. The third-order valence-corrected chi connectivity index (χ3v) is 4.69. The lowest BCUT2D eigenvalue weighted by Crippen LogP contribution is -2.45. The number of nitrogens with zero attached hydrogens (tertiary/aromatic N) is 2. The van der Waals surface area contributed by atoms with Crippen molar-refractivity contribution in [1.82, 2.24) is 9.88 Å². The van der Waals surface area contributed by atoms with Gasteiger partial charge in [0.2, 0.25) is 0 Å². The summed E-state index contributed by atoms with van der Waals surface area (Å²) in [5.41, 5.74) is 3.89. The maximum absolute atomic E-state index is 13.1. The van der Waals surface area contributed by atoms with Crippen molar-refractivity contribution < 1.29 is 4.74 Å². The highest BCUT2D eigenvalue weighted by Crippen LogP contribution is 2.20. The van der Waals surface area contributed by atoms with Gasteiger partial charge in [0.05, 0.1) is 12.2 Å². The summed E-state index contributed by atoms with van der Waals surface area (Å²) in [4.78, 5) is 20.8. The van der Waals surface area contributed by atoms with E-state index in [-0.39, 0.29) is 17.6 Å². The van der Waals surface area contributed by atoms with E-state index in [1.165, 1.54) is 0 Å². The molecule has 0 bridgehead atoms. The van der Waals surface area contributed by atoms with E-state index in [4.69, 9.17) is 4.74 Å². The lowest BCUT2D eigenvalue weighted by molar-refractivity contribution is -0.0706. The van der Waals surface area contributed by atoms with Gasteiger partial charge in [0.25, 0.3) is 0 Å². The van der Waals surface area contributed by atoms with E-state index in [0.29, 0.717) is 6.54 Å². The summed E-state index contributed by atoms with van der Waals surface area (Å²) in [6.45, 7) is 8.55. The van der Waals surface area contributed by atoms with E-state index in [2.05, 4.69) is 23.7 Å². The van der Waals surface area contributed by atoms with E-state index in [1.54, 1.807) is 0 Å². The van der Waals surface area contributed by atoms with Gasteiger partial charge < -0.3 is 14.6 Å². The second-order valence-electron chi connectivity index (χ2n) is 7.13. The van der Waals surface area contributed by atoms with Crippen LogP contribution in [-0.4, -0.2) is 49.3 Å². The molecule has 1 aromatic heterocycles. The molecule has 5 heteroatoms. The molecule has 3 rings (SSSR count). The minimum atomic E-state index is 0.136. The average molecular weight is 329 g/mol. The van der Waals surface area contributed by atoms with Crippen molar-refractivity contribution in [2.45, 2.75) is 39.5 Å². The van der Waals surface area contributed by atoms with Gasteiger partial charge in [-0.2, -0.15) is 0 Å². The molecule has 0 aliphatic carbocycles. The van der Waals surface area contributed by atoms with Gasteiger partial charge in [0.1, 0.15) is 0 Å². The number of aromatic nitrogens is 1. The molecule has 0 saturated carbocycles. The van der Waals surface area contributed by atoms with E-state index in [9.17, 15) is 4.79 Å². The summed E-state index contributed by atoms with van der Waals surface area (Å²) in [6.07, 6.45) is 0.405. The Hall–Kier alpha value is -1.85. The molecule has 24 heavy (non-hydrogen) atoms. The summed E-state index contributed by atoms with van der Waals surface area (Å²) in [6, 6.07) is 5.99. The molecule has 5 nitrogen and oxygen atoms in total. The number of H-pyrrole nitrogens is 1. The van der Waals surface area contributed by atoms with Crippen LogP contribution in [0.3, 0.4) is 0 Å². The van der Waals surface area contributed by atoms with Gasteiger partial charge in [0.15, 0.2) is 5.43 Å². The van der Waals surface area contributed by atoms with Crippen LogP contribution in [0.25, 0.3) is 10.9 Å². The minimum absolute atomic E-state index is 0.136. The molecule has 130 valence electrons. The number of hydrogen-bond donors (Lipinski definition) is 1. The Balaban J connectivity index is 1.99. The number of morpholine rings is 1. The highest BCUT2D eigenvalue weighted by atomic mass is 16.5. The second kappa shape index (κ2) is 6.57.